The highest BCUT2D eigenvalue weighted by Crippen LogP contribution is 2.19. The van der Waals surface area contributed by atoms with Crippen molar-refractivity contribution in [3.05, 3.63) is 22.4 Å². The summed E-state index contributed by atoms with van der Waals surface area (Å²) in [7, 11) is 0. The van der Waals surface area contributed by atoms with E-state index in [9.17, 15) is 0 Å². The highest BCUT2D eigenvalue weighted by Gasteiger charge is 2.27. The van der Waals surface area contributed by atoms with Gasteiger partial charge in [-0.3, -0.25) is 4.90 Å². The van der Waals surface area contributed by atoms with Crippen LogP contribution in [-0.4, -0.2) is 55.1 Å². The normalized spacial score (nSPS) is 25.3. The van der Waals surface area contributed by atoms with E-state index in [1.165, 1.54) is 63.3 Å². The Hall–Kier alpha value is -0.420. The minimum absolute atomic E-state index is 0.840. The molecule has 2 aliphatic rings. The summed E-state index contributed by atoms with van der Waals surface area (Å²) in [5.74, 6) is 0. The molecule has 112 valence electrons. The Kier molecular flexibility index (Phi) is 5.48. The van der Waals surface area contributed by atoms with Crippen LogP contribution in [0.1, 0.15) is 30.6 Å². The second kappa shape index (κ2) is 7.55. The topological polar surface area (TPSA) is 18.5 Å². The zero-order chi connectivity index (χ0) is 13.6. The summed E-state index contributed by atoms with van der Waals surface area (Å²) in [6.45, 7) is 8.62. The minimum Gasteiger partial charge on any atom is -0.311 e. The van der Waals surface area contributed by atoms with E-state index in [2.05, 4.69) is 32.6 Å². The lowest BCUT2D eigenvalue weighted by molar-refractivity contribution is 0.162. The number of hydrogen-bond acceptors (Lipinski definition) is 4. The molecule has 0 amide bonds. The molecule has 3 nitrogen and oxygen atoms in total. The van der Waals surface area contributed by atoms with Gasteiger partial charge in [0.1, 0.15) is 0 Å². The fourth-order valence-corrected chi connectivity index (χ4v) is 4.13. The third-order valence-electron chi connectivity index (χ3n) is 4.64. The Labute approximate surface area is 127 Å². The highest BCUT2D eigenvalue weighted by molar-refractivity contribution is 7.09. The van der Waals surface area contributed by atoms with Gasteiger partial charge in [0, 0.05) is 37.1 Å². The lowest BCUT2D eigenvalue weighted by Gasteiger charge is -2.32. The maximum absolute atomic E-state index is 3.56. The van der Waals surface area contributed by atoms with E-state index in [4.69, 9.17) is 0 Å². The van der Waals surface area contributed by atoms with E-state index in [1.807, 2.05) is 11.3 Å². The van der Waals surface area contributed by atoms with E-state index in [0.717, 1.165) is 19.1 Å². The molecule has 1 aromatic heterocycles. The summed E-state index contributed by atoms with van der Waals surface area (Å²) in [6.07, 6.45) is 5.65. The predicted octanol–water partition coefficient (Wildman–Crippen LogP) is 2.40. The van der Waals surface area contributed by atoms with Crippen LogP contribution in [0.15, 0.2) is 17.5 Å². The first kappa shape index (κ1) is 14.5. The van der Waals surface area contributed by atoms with Gasteiger partial charge in [-0.05, 0) is 50.3 Å². The van der Waals surface area contributed by atoms with Gasteiger partial charge in [-0.1, -0.05) is 12.5 Å². The third-order valence-corrected chi connectivity index (χ3v) is 5.52. The van der Waals surface area contributed by atoms with Gasteiger partial charge in [0.05, 0.1) is 0 Å². The predicted molar refractivity (Wildman–Crippen MR) is 86.3 cm³/mol. The van der Waals surface area contributed by atoms with Gasteiger partial charge in [-0.25, -0.2) is 0 Å². The van der Waals surface area contributed by atoms with E-state index in [-0.39, 0.29) is 0 Å². The molecule has 0 aromatic carbocycles. The molecule has 0 spiro atoms. The van der Waals surface area contributed by atoms with Crippen molar-refractivity contribution in [2.24, 2.45) is 0 Å². The van der Waals surface area contributed by atoms with Crippen molar-refractivity contribution in [1.82, 2.24) is 15.1 Å². The molecule has 0 aliphatic carbocycles. The van der Waals surface area contributed by atoms with Gasteiger partial charge in [0.15, 0.2) is 0 Å². The van der Waals surface area contributed by atoms with Gasteiger partial charge in [0.2, 0.25) is 0 Å². The third kappa shape index (κ3) is 4.04. The summed E-state index contributed by atoms with van der Waals surface area (Å²) in [5, 5.41) is 5.72. The maximum atomic E-state index is 3.56. The van der Waals surface area contributed by atoms with E-state index < -0.39 is 0 Å². The fourth-order valence-electron chi connectivity index (χ4n) is 3.46. The molecule has 20 heavy (non-hydrogen) atoms. The number of nitrogens with one attached hydrogen (secondary N) is 1. The van der Waals surface area contributed by atoms with Crippen LogP contribution < -0.4 is 5.32 Å². The van der Waals surface area contributed by atoms with Gasteiger partial charge < -0.3 is 10.2 Å². The van der Waals surface area contributed by atoms with Crippen molar-refractivity contribution in [1.29, 1.82) is 0 Å². The van der Waals surface area contributed by atoms with E-state index >= 15 is 0 Å². The first-order valence-electron chi connectivity index (χ1n) is 8.11. The molecule has 3 heterocycles. The summed E-state index contributed by atoms with van der Waals surface area (Å²) in [6, 6.07) is 5.18. The van der Waals surface area contributed by atoms with Crippen LogP contribution in [-0.2, 0) is 6.54 Å². The number of rotatable bonds is 6. The first-order valence-corrected chi connectivity index (χ1v) is 8.99. The Bertz CT molecular complexity index is 373. The van der Waals surface area contributed by atoms with Crippen molar-refractivity contribution in [2.75, 3.05) is 39.3 Å². The molecule has 1 N–H and O–H groups in total. The molecule has 2 fully saturated rings. The van der Waals surface area contributed by atoms with Crippen LogP contribution in [0.3, 0.4) is 0 Å². The van der Waals surface area contributed by atoms with Crippen LogP contribution in [0.4, 0.5) is 0 Å². The molecule has 1 atom stereocenters. The monoisotopic (exact) mass is 293 g/mol. The van der Waals surface area contributed by atoms with Crippen molar-refractivity contribution >= 4 is 11.3 Å². The summed E-state index contributed by atoms with van der Waals surface area (Å²) in [4.78, 5) is 6.82. The Morgan fingerprint density at radius 1 is 1.20 bits per heavy atom. The maximum Gasteiger partial charge on any atom is 0.0300 e. The van der Waals surface area contributed by atoms with E-state index in [0.29, 0.717) is 0 Å². The van der Waals surface area contributed by atoms with Gasteiger partial charge in [-0.15, -0.1) is 11.3 Å². The molecule has 0 saturated carbocycles. The summed E-state index contributed by atoms with van der Waals surface area (Å²) < 4.78 is 0. The molecule has 1 unspecified atom stereocenters. The van der Waals surface area contributed by atoms with Crippen molar-refractivity contribution in [2.45, 2.75) is 38.3 Å². The SMILES string of the molecule is c1csc(CNCCN2CCC(N3CCCCC3)C2)c1. The zero-order valence-electron chi connectivity index (χ0n) is 12.4. The lowest BCUT2D eigenvalue weighted by atomic mass is 10.1. The fraction of sp³-hybridized carbons (Fsp3) is 0.750. The number of piperidine rings is 1. The molecule has 1 aromatic rings. The summed E-state index contributed by atoms with van der Waals surface area (Å²) in [5.41, 5.74) is 0. The van der Waals surface area contributed by atoms with Crippen LogP contribution in [0, 0.1) is 0 Å². The van der Waals surface area contributed by atoms with Crippen molar-refractivity contribution in [3.8, 4) is 0 Å². The quantitative estimate of drug-likeness (QED) is 0.813. The molecule has 3 rings (SSSR count). The summed E-state index contributed by atoms with van der Waals surface area (Å²) >= 11 is 1.84. The number of hydrogen-bond donors (Lipinski definition) is 1. The standard InChI is InChI=1S/C16H27N3S/c1-2-8-19(9-3-1)15-6-10-18(14-15)11-7-17-13-16-5-4-12-20-16/h4-5,12,15,17H,1-3,6-11,13-14H2. The van der Waals surface area contributed by atoms with E-state index in [1.54, 1.807) is 0 Å². The highest BCUT2D eigenvalue weighted by atomic mass is 32.1. The Morgan fingerprint density at radius 3 is 2.90 bits per heavy atom. The average molecular weight is 293 g/mol. The second-order valence-electron chi connectivity index (χ2n) is 6.10. The van der Waals surface area contributed by atoms with Gasteiger partial charge in [0.25, 0.3) is 0 Å². The Balaban J connectivity index is 1.31. The molecular formula is C16H27N3S. The molecule has 0 radical (unpaired) electrons. The zero-order valence-corrected chi connectivity index (χ0v) is 13.2. The number of thiophene rings is 1. The van der Waals surface area contributed by atoms with Crippen LogP contribution in [0.5, 0.6) is 0 Å². The first-order chi connectivity index (χ1) is 9.92. The molecule has 2 saturated heterocycles. The van der Waals surface area contributed by atoms with Crippen LogP contribution >= 0.6 is 11.3 Å². The molecule has 0 bridgehead atoms. The lowest BCUT2D eigenvalue weighted by Crippen LogP contribution is -2.41. The molecular weight excluding hydrogens is 266 g/mol. The van der Waals surface area contributed by atoms with Crippen molar-refractivity contribution in [3.63, 3.8) is 0 Å². The van der Waals surface area contributed by atoms with Gasteiger partial charge in [-0.2, -0.15) is 0 Å². The average Bonchev–Trinajstić information content (AvgIpc) is 3.16. The largest absolute Gasteiger partial charge is 0.311 e. The molecule has 4 heteroatoms. The van der Waals surface area contributed by atoms with Crippen LogP contribution in [0.2, 0.25) is 0 Å². The number of likely N-dealkylation sites (tertiary alicyclic amines) is 2. The minimum atomic E-state index is 0.840. The smallest absolute Gasteiger partial charge is 0.0300 e. The van der Waals surface area contributed by atoms with Gasteiger partial charge >= 0.3 is 0 Å². The molecule has 2 aliphatic heterocycles. The van der Waals surface area contributed by atoms with Crippen LogP contribution in [0.25, 0.3) is 0 Å². The van der Waals surface area contributed by atoms with Crippen molar-refractivity contribution < 1.29 is 0 Å². The second-order valence-corrected chi connectivity index (χ2v) is 7.13. The Morgan fingerprint density at radius 2 is 2.10 bits per heavy atom. The number of nitrogens with zero attached hydrogens (tertiary/aromatic N) is 2.